The molecule has 0 aromatic carbocycles. The van der Waals surface area contributed by atoms with Crippen molar-refractivity contribution < 1.29 is 4.79 Å². The highest BCUT2D eigenvalue weighted by Crippen LogP contribution is 2.16. The Bertz CT molecular complexity index is 610. The number of aldehydes is 1. The van der Waals surface area contributed by atoms with Crippen molar-refractivity contribution in [3.05, 3.63) is 34.4 Å². The van der Waals surface area contributed by atoms with Crippen LogP contribution in [0.3, 0.4) is 0 Å². The summed E-state index contributed by atoms with van der Waals surface area (Å²) in [6.45, 7) is 6.84. The minimum absolute atomic E-state index is 0.660. The summed E-state index contributed by atoms with van der Waals surface area (Å²) in [7, 11) is 1.95. The minimum Gasteiger partial charge on any atom is -0.298 e. The predicted octanol–water partition coefficient (Wildman–Crippen LogP) is 2.16. The zero-order chi connectivity index (χ0) is 14.7. The van der Waals surface area contributed by atoms with E-state index < -0.39 is 0 Å². The molecule has 0 aliphatic carbocycles. The summed E-state index contributed by atoms with van der Waals surface area (Å²) in [6.07, 6.45) is 3.44. The number of hydrogen-bond acceptors (Lipinski definition) is 3. The minimum atomic E-state index is 0.660. The monoisotopic (exact) mass is 274 g/mol. The zero-order valence-corrected chi connectivity index (χ0v) is 12.7. The average Bonchev–Trinajstić information content (AvgIpc) is 2.99. The van der Waals surface area contributed by atoms with Gasteiger partial charge in [0.1, 0.15) is 0 Å². The highest BCUT2D eigenvalue weighted by atomic mass is 16.1. The molecule has 5 heteroatoms. The van der Waals surface area contributed by atoms with Crippen LogP contribution >= 0.6 is 0 Å². The van der Waals surface area contributed by atoms with Crippen molar-refractivity contribution in [3.63, 3.8) is 0 Å². The van der Waals surface area contributed by atoms with Crippen molar-refractivity contribution in [1.29, 1.82) is 0 Å². The molecule has 0 radical (unpaired) electrons. The molecular weight excluding hydrogens is 252 g/mol. The average molecular weight is 274 g/mol. The smallest absolute Gasteiger partial charge is 0.153 e. The number of carbonyl (C=O) groups excluding carboxylic acids is 1. The van der Waals surface area contributed by atoms with Gasteiger partial charge < -0.3 is 0 Å². The van der Waals surface area contributed by atoms with Crippen LogP contribution in [0.15, 0.2) is 6.07 Å². The van der Waals surface area contributed by atoms with E-state index in [4.69, 9.17) is 0 Å². The third kappa shape index (κ3) is 2.53. The Morgan fingerprint density at radius 1 is 1.15 bits per heavy atom. The maximum Gasteiger partial charge on any atom is 0.153 e. The van der Waals surface area contributed by atoms with Crippen molar-refractivity contribution in [2.45, 2.75) is 46.6 Å². The van der Waals surface area contributed by atoms with Crippen molar-refractivity contribution in [2.75, 3.05) is 0 Å². The summed E-state index contributed by atoms with van der Waals surface area (Å²) < 4.78 is 3.84. The standard InChI is InChI=1S/C15H22N4O/c1-5-11-8-12(18(4)16-11)9-19-15(7-3)13(10-20)14(6-2)17-19/h8,10H,5-7,9H2,1-4H3. The van der Waals surface area contributed by atoms with Crippen LogP contribution in [-0.4, -0.2) is 25.8 Å². The number of nitrogens with zero attached hydrogens (tertiary/aromatic N) is 4. The quantitative estimate of drug-likeness (QED) is 0.759. The summed E-state index contributed by atoms with van der Waals surface area (Å²) >= 11 is 0. The van der Waals surface area contributed by atoms with E-state index in [2.05, 4.69) is 30.1 Å². The van der Waals surface area contributed by atoms with Crippen LogP contribution in [0, 0.1) is 0 Å². The van der Waals surface area contributed by atoms with Gasteiger partial charge in [-0.15, -0.1) is 0 Å². The molecule has 108 valence electrons. The largest absolute Gasteiger partial charge is 0.298 e. The summed E-state index contributed by atoms with van der Waals surface area (Å²) in [5, 5.41) is 9.04. The molecule has 0 N–H and O–H groups in total. The molecule has 0 aliphatic rings. The lowest BCUT2D eigenvalue weighted by Crippen LogP contribution is -2.10. The topological polar surface area (TPSA) is 52.7 Å². The number of aryl methyl sites for hydroxylation is 3. The fourth-order valence-corrected chi connectivity index (χ4v) is 2.51. The molecule has 0 saturated heterocycles. The molecule has 0 fully saturated rings. The summed E-state index contributed by atoms with van der Waals surface area (Å²) in [4.78, 5) is 11.3. The van der Waals surface area contributed by atoms with Gasteiger partial charge in [0.2, 0.25) is 0 Å². The van der Waals surface area contributed by atoms with Crippen LogP contribution in [0.2, 0.25) is 0 Å². The van der Waals surface area contributed by atoms with Gasteiger partial charge in [0.15, 0.2) is 6.29 Å². The lowest BCUT2D eigenvalue weighted by Gasteiger charge is -2.06. The van der Waals surface area contributed by atoms with Gasteiger partial charge in [0, 0.05) is 12.7 Å². The molecular formula is C15H22N4O. The van der Waals surface area contributed by atoms with E-state index in [0.717, 1.165) is 53.9 Å². The number of rotatable bonds is 6. The molecule has 0 unspecified atom stereocenters. The summed E-state index contributed by atoms with van der Waals surface area (Å²) in [6, 6.07) is 2.10. The lowest BCUT2D eigenvalue weighted by molar-refractivity contribution is 0.112. The molecule has 0 atom stereocenters. The van der Waals surface area contributed by atoms with Crippen LogP contribution in [-0.2, 0) is 32.9 Å². The number of carbonyl (C=O) groups is 1. The van der Waals surface area contributed by atoms with E-state index in [1.54, 1.807) is 0 Å². The number of aromatic nitrogens is 4. The van der Waals surface area contributed by atoms with Gasteiger partial charge in [0.05, 0.1) is 29.2 Å². The second-order valence-corrected chi connectivity index (χ2v) is 4.89. The molecule has 0 saturated carbocycles. The first-order chi connectivity index (χ1) is 9.64. The molecule has 0 spiro atoms. The van der Waals surface area contributed by atoms with Gasteiger partial charge in [-0.1, -0.05) is 20.8 Å². The Balaban J connectivity index is 2.39. The van der Waals surface area contributed by atoms with E-state index in [0.29, 0.717) is 6.54 Å². The molecule has 2 aromatic heterocycles. The molecule has 2 aromatic rings. The van der Waals surface area contributed by atoms with Crippen molar-refractivity contribution >= 4 is 6.29 Å². The van der Waals surface area contributed by atoms with Gasteiger partial charge in [-0.3, -0.25) is 14.2 Å². The van der Waals surface area contributed by atoms with Crippen molar-refractivity contribution in [1.82, 2.24) is 19.6 Å². The molecule has 0 bridgehead atoms. The fourth-order valence-electron chi connectivity index (χ4n) is 2.51. The van der Waals surface area contributed by atoms with Crippen LogP contribution in [0.5, 0.6) is 0 Å². The van der Waals surface area contributed by atoms with E-state index >= 15 is 0 Å². The molecule has 2 heterocycles. The van der Waals surface area contributed by atoms with E-state index in [9.17, 15) is 4.79 Å². The highest BCUT2D eigenvalue weighted by Gasteiger charge is 2.16. The van der Waals surface area contributed by atoms with Gasteiger partial charge in [-0.25, -0.2) is 0 Å². The first-order valence-electron chi connectivity index (χ1n) is 7.20. The normalized spacial score (nSPS) is 11.0. The van der Waals surface area contributed by atoms with Gasteiger partial charge in [-0.2, -0.15) is 10.2 Å². The Hall–Kier alpha value is -1.91. The molecule has 20 heavy (non-hydrogen) atoms. The summed E-state index contributed by atoms with van der Waals surface area (Å²) in [5.41, 5.74) is 4.84. The third-order valence-electron chi connectivity index (χ3n) is 3.66. The van der Waals surface area contributed by atoms with Gasteiger partial charge in [-0.05, 0) is 25.3 Å². The van der Waals surface area contributed by atoms with Crippen LogP contribution < -0.4 is 0 Å². The van der Waals surface area contributed by atoms with Crippen molar-refractivity contribution in [2.24, 2.45) is 7.05 Å². The first-order valence-corrected chi connectivity index (χ1v) is 7.20. The van der Waals surface area contributed by atoms with E-state index in [1.807, 2.05) is 23.3 Å². The maximum absolute atomic E-state index is 11.3. The van der Waals surface area contributed by atoms with Crippen LogP contribution in [0.25, 0.3) is 0 Å². The zero-order valence-electron chi connectivity index (χ0n) is 12.7. The molecule has 0 aliphatic heterocycles. The second-order valence-electron chi connectivity index (χ2n) is 4.89. The Morgan fingerprint density at radius 2 is 1.90 bits per heavy atom. The van der Waals surface area contributed by atoms with Crippen LogP contribution in [0.1, 0.15) is 53.9 Å². The molecule has 2 rings (SSSR count). The maximum atomic E-state index is 11.3. The Morgan fingerprint density at radius 3 is 2.40 bits per heavy atom. The first kappa shape index (κ1) is 14.5. The molecule has 5 nitrogen and oxygen atoms in total. The number of hydrogen-bond donors (Lipinski definition) is 0. The molecule has 0 amide bonds. The Labute approximate surface area is 119 Å². The van der Waals surface area contributed by atoms with E-state index in [-0.39, 0.29) is 0 Å². The van der Waals surface area contributed by atoms with Crippen molar-refractivity contribution in [3.8, 4) is 0 Å². The lowest BCUT2D eigenvalue weighted by atomic mass is 10.1. The van der Waals surface area contributed by atoms with Crippen LogP contribution in [0.4, 0.5) is 0 Å². The predicted molar refractivity (Wildman–Crippen MR) is 78.1 cm³/mol. The third-order valence-corrected chi connectivity index (χ3v) is 3.66. The summed E-state index contributed by atoms with van der Waals surface area (Å²) in [5.74, 6) is 0. The Kier molecular flexibility index (Phi) is 4.37. The van der Waals surface area contributed by atoms with Gasteiger partial charge in [0.25, 0.3) is 0 Å². The highest BCUT2D eigenvalue weighted by molar-refractivity contribution is 5.78. The second kappa shape index (κ2) is 6.03. The fraction of sp³-hybridized carbons (Fsp3) is 0.533. The van der Waals surface area contributed by atoms with E-state index in [1.165, 1.54) is 0 Å². The SMILES string of the molecule is CCc1cc(Cn2nc(CC)c(C=O)c2CC)n(C)n1. The van der Waals surface area contributed by atoms with Gasteiger partial charge >= 0.3 is 0 Å².